The van der Waals surface area contributed by atoms with Crippen molar-refractivity contribution >= 4 is 23.4 Å². The zero-order chi connectivity index (χ0) is 22.8. The number of carbonyl (C=O) groups is 2. The average molecular weight is 449 g/mol. The first-order valence-electron chi connectivity index (χ1n) is 10.5. The van der Waals surface area contributed by atoms with Gasteiger partial charge in [-0.3, -0.25) is 9.59 Å². The summed E-state index contributed by atoms with van der Waals surface area (Å²) in [4.78, 5) is 27.0. The maximum absolute atomic E-state index is 14.2. The predicted molar refractivity (Wildman–Crippen MR) is 120 cm³/mol. The van der Waals surface area contributed by atoms with Gasteiger partial charge in [0, 0.05) is 29.6 Å². The van der Waals surface area contributed by atoms with Gasteiger partial charge in [-0.2, -0.15) is 0 Å². The molecule has 0 aliphatic carbocycles. The first-order chi connectivity index (χ1) is 14.8. The SMILES string of the molecule is CC[C@@H](C)NC(=O)[C@@H](C)N(Cc1ccccc1F)C(=O)CCCOc1ccc(Cl)cc1. The number of rotatable bonds is 11. The van der Waals surface area contributed by atoms with Gasteiger partial charge in [0.25, 0.3) is 0 Å². The Morgan fingerprint density at radius 1 is 1.13 bits per heavy atom. The van der Waals surface area contributed by atoms with E-state index in [4.69, 9.17) is 16.3 Å². The summed E-state index contributed by atoms with van der Waals surface area (Å²) in [6.45, 7) is 5.91. The molecular weight excluding hydrogens is 419 g/mol. The minimum Gasteiger partial charge on any atom is -0.494 e. The van der Waals surface area contributed by atoms with Crippen LogP contribution in [-0.2, 0) is 16.1 Å². The summed E-state index contributed by atoms with van der Waals surface area (Å²) in [7, 11) is 0. The van der Waals surface area contributed by atoms with Gasteiger partial charge in [-0.1, -0.05) is 36.7 Å². The summed E-state index contributed by atoms with van der Waals surface area (Å²) in [5, 5.41) is 3.52. The molecule has 168 valence electrons. The van der Waals surface area contributed by atoms with E-state index in [2.05, 4.69) is 5.32 Å². The van der Waals surface area contributed by atoms with Crippen molar-refractivity contribution in [3.63, 3.8) is 0 Å². The molecule has 5 nitrogen and oxygen atoms in total. The molecule has 2 aromatic carbocycles. The molecule has 0 aliphatic heterocycles. The standard InChI is InChI=1S/C24H30ClFN2O3/c1-4-17(2)27-24(30)18(3)28(16-19-8-5-6-9-22(19)26)23(29)10-7-15-31-21-13-11-20(25)12-14-21/h5-6,8-9,11-14,17-18H,4,7,10,15-16H2,1-3H3,(H,27,30)/t17-,18-/m1/s1. The quantitative estimate of drug-likeness (QED) is 0.494. The van der Waals surface area contributed by atoms with Crippen LogP contribution < -0.4 is 10.1 Å². The summed E-state index contributed by atoms with van der Waals surface area (Å²) in [6.07, 6.45) is 1.43. The maximum Gasteiger partial charge on any atom is 0.242 e. The minimum absolute atomic E-state index is 0.00635. The van der Waals surface area contributed by atoms with E-state index in [1.807, 2.05) is 13.8 Å². The molecule has 0 heterocycles. The molecule has 2 aromatic rings. The van der Waals surface area contributed by atoms with Crippen molar-refractivity contribution in [2.75, 3.05) is 6.61 Å². The Kier molecular flexibility index (Phi) is 9.79. The minimum atomic E-state index is -0.724. The zero-order valence-electron chi connectivity index (χ0n) is 18.2. The number of ether oxygens (including phenoxy) is 1. The van der Waals surface area contributed by atoms with Crippen LogP contribution in [0.25, 0.3) is 0 Å². The van der Waals surface area contributed by atoms with Crippen LogP contribution >= 0.6 is 11.6 Å². The summed E-state index contributed by atoms with van der Waals surface area (Å²) in [5.74, 6) is -0.214. The number of hydrogen-bond donors (Lipinski definition) is 1. The fraction of sp³-hybridized carbons (Fsp3) is 0.417. The van der Waals surface area contributed by atoms with Gasteiger partial charge >= 0.3 is 0 Å². The third kappa shape index (κ3) is 7.87. The molecule has 7 heteroatoms. The van der Waals surface area contributed by atoms with Crippen molar-refractivity contribution in [3.8, 4) is 5.75 Å². The van der Waals surface area contributed by atoms with Gasteiger partial charge in [0.2, 0.25) is 11.8 Å². The first kappa shape index (κ1) is 24.7. The summed E-state index contributed by atoms with van der Waals surface area (Å²) in [5.41, 5.74) is 0.372. The highest BCUT2D eigenvalue weighted by Crippen LogP contribution is 2.17. The molecule has 0 saturated heterocycles. The number of halogens is 2. The molecule has 0 unspecified atom stereocenters. The Labute approximate surface area is 188 Å². The number of nitrogens with one attached hydrogen (secondary N) is 1. The number of amides is 2. The van der Waals surface area contributed by atoms with Crippen LogP contribution in [0.5, 0.6) is 5.75 Å². The normalized spacial score (nSPS) is 12.7. The Bertz CT molecular complexity index is 860. The summed E-state index contributed by atoms with van der Waals surface area (Å²) in [6, 6.07) is 12.5. The molecule has 0 saturated carbocycles. The van der Waals surface area contributed by atoms with E-state index in [0.29, 0.717) is 29.4 Å². The Balaban J connectivity index is 2.01. The van der Waals surface area contributed by atoms with E-state index in [-0.39, 0.29) is 30.8 Å². The highest BCUT2D eigenvalue weighted by atomic mass is 35.5. The molecule has 0 bridgehead atoms. The highest BCUT2D eigenvalue weighted by molar-refractivity contribution is 6.30. The lowest BCUT2D eigenvalue weighted by atomic mass is 10.1. The Morgan fingerprint density at radius 3 is 2.45 bits per heavy atom. The second-order valence-electron chi connectivity index (χ2n) is 7.51. The lowest BCUT2D eigenvalue weighted by molar-refractivity contribution is -0.141. The third-order valence-electron chi connectivity index (χ3n) is 5.08. The third-order valence-corrected chi connectivity index (χ3v) is 5.34. The van der Waals surface area contributed by atoms with E-state index >= 15 is 0 Å². The smallest absolute Gasteiger partial charge is 0.242 e. The van der Waals surface area contributed by atoms with Crippen molar-refractivity contribution in [2.24, 2.45) is 0 Å². The molecule has 31 heavy (non-hydrogen) atoms. The van der Waals surface area contributed by atoms with Crippen LogP contribution in [0.4, 0.5) is 4.39 Å². The van der Waals surface area contributed by atoms with Crippen molar-refractivity contribution in [2.45, 2.75) is 58.7 Å². The lowest BCUT2D eigenvalue weighted by Gasteiger charge is -2.30. The monoisotopic (exact) mass is 448 g/mol. The van der Waals surface area contributed by atoms with E-state index in [0.717, 1.165) is 6.42 Å². The van der Waals surface area contributed by atoms with Crippen LogP contribution in [-0.4, -0.2) is 35.4 Å². The van der Waals surface area contributed by atoms with Gasteiger partial charge in [-0.25, -0.2) is 4.39 Å². The van der Waals surface area contributed by atoms with Crippen molar-refractivity contribution in [3.05, 3.63) is 64.9 Å². The fourth-order valence-corrected chi connectivity index (χ4v) is 3.07. The molecule has 0 fully saturated rings. The lowest BCUT2D eigenvalue weighted by Crippen LogP contribution is -2.49. The molecule has 0 aromatic heterocycles. The largest absolute Gasteiger partial charge is 0.494 e. The topological polar surface area (TPSA) is 58.6 Å². The number of benzene rings is 2. The highest BCUT2D eigenvalue weighted by Gasteiger charge is 2.27. The van der Waals surface area contributed by atoms with E-state index in [9.17, 15) is 14.0 Å². The van der Waals surface area contributed by atoms with Gasteiger partial charge in [-0.15, -0.1) is 0 Å². The van der Waals surface area contributed by atoms with Gasteiger partial charge in [0.05, 0.1) is 6.61 Å². The predicted octanol–water partition coefficient (Wildman–Crippen LogP) is 4.97. The van der Waals surface area contributed by atoms with Crippen LogP contribution in [0, 0.1) is 5.82 Å². The average Bonchev–Trinajstić information content (AvgIpc) is 2.76. The van der Waals surface area contributed by atoms with E-state index < -0.39 is 11.9 Å². The zero-order valence-corrected chi connectivity index (χ0v) is 19.0. The van der Waals surface area contributed by atoms with Gasteiger partial charge in [-0.05, 0) is 57.0 Å². The van der Waals surface area contributed by atoms with Gasteiger partial charge in [0.15, 0.2) is 0 Å². The number of hydrogen-bond acceptors (Lipinski definition) is 3. The Morgan fingerprint density at radius 2 is 1.81 bits per heavy atom. The van der Waals surface area contributed by atoms with Crippen molar-refractivity contribution < 1.29 is 18.7 Å². The van der Waals surface area contributed by atoms with Crippen LogP contribution in [0.3, 0.4) is 0 Å². The molecule has 0 spiro atoms. The molecule has 0 aliphatic rings. The number of carbonyl (C=O) groups excluding carboxylic acids is 2. The molecule has 0 radical (unpaired) electrons. The van der Waals surface area contributed by atoms with Crippen LogP contribution in [0.1, 0.15) is 45.6 Å². The van der Waals surface area contributed by atoms with Crippen molar-refractivity contribution in [1.29, 1.82) is 0 Å². The number of nitrogens with zero attached hydrogens (tertiary/aromatic N) is 1. The van der Waals surface area contributed by atoms with Gasteiger partial charge in [0.1, 0.15) is 17.6 Å². The first-order valence-corrected chi connectivity index (χ1v) is 10.9. The second kappa shape index (κ2) is 12.3. The van der Waals surface area contributed by atoms with E-state index in [1.54, 1.807) is 49.4 Å². The Hall–Kier alpha value is -2.60. The van der Waals surface area contributed by atoms with E-state index in [1.165, 1.54) is 11.0 Å². The molecular formula is C24H30ClFN2O3. The van der Waals surface area contributed by atoms with Crippen LogP contribution in [0.2, 0.25) is 5.02 Å². The molecule has 2 amide bonds. The second-order valence-corrected chi connectivity index (χ2v) is 7.95. The fourth-order valence-electron chi connectivity index (χ4n) is 2.95. The molecule has 2 atom stereocenters. The maximum atomic E-state index is 14.2. The van der Waals surface area contributed by atoms with Crippen molar-refractivity contribution in [1.82, 2.24) is 10.2 Å². The molecule has 2 rings (SSSR count). The summed E-state index contributed by atoms with van der Waals surface area (Å²) >= 11 is 5.86. The molecule has 1 N–H and O–H groups in total. The van der Waals surface area contributed by atoms with Gasteiger partial charge < -0.3 is 15.0 Å². The van der Waals surface area contributed by atoms with Crippen LogP contribution in [0.15, 0.2) is 48.5 Å². The summed E-state index contributed by atoms with van der Waals surface area (Å²) < 4.78 is 19.8.